The number of amides is 2. The molecule has 1 unspecified atom stereocenters. The fourth-order valence-electron chi connectivity index (χ4n) is 1.89. The average Bonchev–Trinajstić information content (AvgIpc) is 2.77. The number of nitrogens with zero attached hydrogens (tertiary/aromatic N) is 1. The predicted octanol–water partition coefficient (Wildman–Crippen LogP) is 0.318. The molecule has 1 atom stereocenters. The van der Waals surface area contributed by atoms with Crippen molar-refractivity contribution >= 4 is 17.8 Å². The molecule has 0 aliphatic carbocycles. The van der Waals surface area contributed by atoms with Gasteiger partial charge in [-0.2, -0.15) is 0 Å². The molecular weight excluding hydrogens is 255 g/mol. The summed E-state index contributed by atoms with van der Waals surface area (Å²) in [6.07, 6.45) is 0.637. The zero-order valence-electron chi connectivity index (χ0n) is 10.9. The van der Waals surface area contributed by atoms with E-state index in [0.29, 0.717) is 6.54 Å². The lowest BCUT2D eigenvalue weighted by Gasteiger charge is -2.17. The van der Waals surface area contributed by atoms with Crippen LogP contribution in [0, 0.1) is 0 Å². The Morgan fingerprint density at radius 1 is 1.37 bits per heavy atom. The van der Waals surface area contributed by atoms with E-state index in [0.717, 1.165) is 6.42 Å². The number of carboxylic acids is 1. The number of aliphatic carboxylic acids is 1. The summed E-state index contributed by atoms with van der Waals surface area (Å²) in [7, 11) is 0. The van der Waals surface area contributed by atoms with Gasteiger partial charge in [-0.15, -0.1) is 0 Å². The number of carbonyl (C=O) groups excluding carboxylic acids is 2. The summed E-state index contributed by atoms with van der Waals surface area (Å²) >= 11 is 0. The molecule has 0 bridgehead atoms. The third kappa shape index (κ3) is 4.18. The summed E-state index contributed by atoms with van der Waals surface area (Å²) in [5.74, 6) is -2.14. The van der Waals surface area contributed by atoms with E-state index in [1.807, 2.05) is 6.92 Å². The predicted molar refractivity (Wildman–Crippen MR) is 65.2 cm³/mol. The molecule has 6 nitrogen and oxygen atoms in total. The number of carbonyl (C=O) groups is 3. The van der Waals surface area contributed by atoms with E-state index in [9.17, 15) is 18.8 Å². The minimum atomic E-state index is -2.35. The molecule has 19 heavy (non-hydrogen) atoms. The van der Waals surface area contributed by atoms with E-state index in [2.05, 4.69) is 5.32 Å². The van der Waals surface area contributed by atoms with Crippen molar-refractivity contribution in [3.63, 3.8) is 0 Å². The summed E-state index contributed by atoms with van der Waals surface area (Å²) < 4.78 is 13.7. The molecular formula is C12H19FN2O4. The average molecular weight is 274 g/mol. The van der Waals surface area contributed by atoms with Crippen LogP contribution < -0.4 is 5.32 Å². The fourth-order valence-corrected chi connectivity index (χ4v) is 1.89. The first kappa shape index (κ1) is 15.4. The van der Waals surface area contributed by atoms with Gasteiger partial charge in [0.25, 0.3) is 0 Å². The van der Waals surface area contributed by atoms with Gasteiger partial charge in [-0.1, -0.05) is 6.92 Å². The van der Waals surface area contributed by atoms with E-state index in [-0.39, 0.29) is 37.6 Å². The quantitative estimate of drug-likeness (QED) is 0.730. The Labute approximate surface area is 111 Å². The smallest absolute Gasteiger partial charge is 0.343 e. The number of carboxylic acid groups (broad SMARTS) is 1. The summed E-state index contributed by atoms with van der Waals surface area (Å²) in [6, 6.07) is 0. The first-order valence-corrected chi connectivity index (χ1v) is 6.36. The van der Waals surface area contributed by atoms with Crippen molar-refractivity contribution in [2.24, 2.45) is 0 Å². The van der Waals surface area contributed by atoms with Crippen molar-refractivity contribution in [1.82, 2.24) is 10.2 Å². The van der Waals surface area contributed by atoms with Crippen LogP contribution in [-0.4, -0.2) is 53.1 Å². The van der Waals surface area contributed by atoms with Crippen molar-refractivity contribution < 1.29 is 23.9 Å². The molecule has 1 saturated heterocycles. The molecule has 0 radical (unpaired) electrons. The lowest BCUT2D eigenvalue weighted by atomic mass is 10.1. The normalized spacial score (nSPS) is 22.3. The van der Waals surface area contributed by atoms with Crippen molar-refractivity contribution in [2.75, 3.05) is 19.6 Å². The lowest BCUT2D eigenvalue weighted by molar-refractivity contribution is -0.150. The Kier molecular flexibility index (Phi) is 5.26. The van der Waals surface area contributed by atoms with Gasteiger partial charge in [0.15, 0.2) is 0 Å². The highest BCUT2D eigenvalue weighted by Crippen LogP contribution is 2.26. The van der Waals surface area contributed by atoms with Gasteiger partial charge in [0.05, 0.1) is 6.54 Å². The monoisotopic (exact) mass is 274 g/mol. The summed E-state index contributed by atoms with van der Waals surface area (Å²) in [4.78, 5) is 34.9. The zero-order valence-corrected chi connectivity index (χ0v) is 10.9. The molecule has 1 aliphatic rings. The molecule has 2 amide bonds. The number of likely N-dealkylation sites (tertiary alicyclic amines) is 1. The van der Waals surface area contributed by atoms with E-state index in [4.69, 9.17) is 5.11 Å². The third-order valence-corrected chi connectivity index (χ3v) is 3.09. The minimum Gasteiger partial charge on any atom is -0.479 e. The van der Waals surface area contributed by atoms with E-state index >= 15 is 0 Å². The standard InChI is InChI=1S/C12H19FN2O4/c1-2-6-14-9(16)3-4-10(17)15-7-5-12(13,8-15)11(18)19/h2-8H2,1H3,(H,14,16)(H,18,19). The van der Waals surface area contributed by atoms with E-state index in [1.165, 1.54) is 4.90 Å². The van der Waals surface area contributed by atoms with Crippen molar-refractivity contribution in [1.29, 1.82) is 0 Å². The van der Waals surface area contributed by atoms with Crippen LogP contribution in [0.2, 0.25) is 0 Å². The summed E-state index contributed by atoms with van der Waals surface area (Å²) in [5.41, 5.74) is -2.35. The SMILES string of the molecule is CCCNC(=O)CCC(=O)N1CCC(F)(C(=O)O)C1. The van der Waals surface area contributed by atoms with Crippen LogP contribution >= 0.6 is 0 Å². The molecule has 108 valence electrons. The van der Waals surface area contributed by atoms with Crippen molar-refractivity contribution in [2.45, 2.75) is 38.3 Å². The summed E-state index contributed by atoms with van der Waals surface area (Å²) in [6.45, 7) is 2.13. The van der Waals surface area contributed by atoms with Crippen LogP contribution in [-0.2, 0) is 14.4 Å². The molecule has 1 rings (SSSR count). The Morgan fingerprint density at radius 2 is 2.05 bits per heavy atom. The van der Waals surface area contributed by atoms with Gasteiger partial charge in [-0.05, 0) is 6.42 Å². The topological polar surface area (TPSA) is 86.7 Å². The van der Waals surface area contributed by atoms with Gasteiger partial charge in [0.1, 0.15) is 0 Å². The number of alkyl halides is 1. The number of hydrogen-bond donors (Lipinski definition) is 2. The molecule has 0 aromatic rings. The first-order chi connectivity index (χ1) is 8.89. The van der Waals surface area contributed by atoms with Crippen molar-refractivity contribution in [3.8, 4) is 0 Å². The van der Waals surface area contributed by atoms with Crippen LogP contribution in [0.25, 0.3) is 0 Å². The number of rotatable bonds is 6. The highest BCUT2D eigenvalue weighted by atomic mass is 19.1. The second-order valence-electron chi connectivity index (χ2n) is 4.69. The van der Waals surface area contributed by atoms with Crippen molar-refractivity contribution in [3.05, 3.63) is 0 Å². The van der Waals surface area contributed by atoms with Gasteiger partial charge in [-0.3, -0.25) is 9.59 Å². The van der Waals surface area contributed by atoms with E-state index < -0.39 is 18.2 Å². The molecule has 0 spiro atoms. The van der Waals surface area contributed by atoms with Gasteiger partial charge < -0.3 is 15.3 Å². The number of halogens is 1. The van der Waals surface area contributed by atoms with Crippen LogP contribution in [0.1, 0.15) is 32.6 Å². The molecule has 0 saturated carbocycles. The Morgan fingerprint density at radius 3 is 2.58 bits per heavy atom. The number of hydrogen-bond acceptors (Lipinski definition) is 3. The van der Waals surface area contributed by atoms with Gasteiger partial charge in [0, 0.05) is 32.4 Å². The highest BCUT2D eigenvalue weighted by molar-refractivity contribution is 5.85. The zero-order chi connectivity index (χ0) is 14.5. The molecule has 1 fully saturated rings. The Bertz CT molecular complexity index is 375. The Balaban J connectivity index is 2.36. The molecule has 0 aromatic carbocycles. The maximum absolute atomic E-state index is 13.7. The maximum Gasteiger partial charge on any atom is 0.343 e. The molecule has 1 aliphatic heterocycles. The Hall–Kier alpha value is -1.66. The summed E-state index contributed by atoms with van der Waals surface area (Å²) in [5, 5.41) is 11.3. The number of nitrogens with one attached hydrogen (secondary N) is 1. The van der Waals surface area contributed by atoms with Crippen LogP contribution in [0.5, 0.6) is 0 Å². The van der Waals surface area contributed by atoms with Crippen LogP contribution in [0.4, 0.5) is 4.39 Å². The van der Waals surface area contributed by atoms with Gasteiger partial charge >= 0.3 is 5.97 Å². The minimum absolute atomic E-state index is 0.0226. The van der Waals surface area contributed by atoms with Crippen LogP contribution in [0.15, 0.2) is 0 Å². The van der Waals surface area contributed by atoms with Gasteiger partial charge in [-0.25, -0.2) is 9.18 Å². The molecule has 1 heterocycles. The fraction of sp³-hybridized carbons (Fsp3) is 0.750. The largest absolute Gasteiger partial charge is 0.479 e. The molecule has 2 N–H and O–H groups in total. The van der Waals surface area contributed by atoms with Crippen LogP contribution in [0.3, 0.4) is 0 Å². The molecule has 7 heteroatoms. The second-order valence-corrected chi connectivity index (χ2v) is 4.69. The highest BCUT2D eigenvalue weighted by Gasteiger charge is 2.46. The second kappa shape index (κ2) is 6.49. The lowest BCUT2D eigenvalue weighted by Crippen LogP contribution is -2.39. The first-order valence-electron chi connectivity index (χ1n) is 6.36. The van der Waals surface area contributed by atoms with Gasteiger partial charge in [0.2, 0.25) is 17.5 Å². The maximum atomic E-state index is 13.7. The molecule has 0 aromatic heterocycles. The van der Waals surface area contributed by atoms with E-state index in [1.54, 1.807) is 0 Å². The third-order valence-electron chi connectivity index (χ3n) is 3.09.